The number of anilines is 1. The zero-order valence-corrected chi connectivity index (χ0v) is 10.8. The van der Waals surface area contributed by atoms with Gasteiger partial charge in [0.15, 0.2) is 11.6 Å². The fourth-order valence-corrected chi connectivity index (χ4v) is 1.94. The highest BCUT2D eigenvalue weighted by molar-refractivity contribution is 9.10. The number of hydrogen-bond donors (Lipinski definition) is 1. The maximum Gasteiger partial charge on any atom is 0.160 e. The van der Waals surface area contributed by atoms with E-state index in [9.17, 15) is 0 Å². The Kier molecular flexibility index (Phi) is 2.96. The summed E-state index contributed by atoms with van der Waals surface area (Å²) in [7, 11) is 1.88. The molecule has 2 N–H and O–H groups in total. The van der Waals surface area contributed by atoms with Crippen molar-refractivity contribution in [1.82, 2.24) is 14.8 Å². The fraction of sp³-hybridized carbons (Fsp3) is 0.273. The molecule has 4 nitrogen and oxygen atoms in total. The lowest BCUT2D eigenvalue weighted by atomic mass is 10.2. The number of nitrogen functional groups attached to an aromatic ring is 1. The van der Waals surface area contributed by atoms with Crippen molar-refractivity contribution in [2.75, 3.05) is 5.73 Å². The Labute approximate surface area is 103 Å². The highest BCUT2D eigenvalue weighted by Crippen LogP contribution is 2.26. The smallest absolute Gasteiger partial charge is 0.160 e. The van der Waals surface area contributed by atoms with Crippen LogP contribution in [0.25, 0.3) is 11.4 Å². The van der Waals surface area contributed by atoms with Crippen LogP contribution in [-0.4, -0.2) is 14.8 Å². The molecule has 0 bridgehead atoms. The molecular weight excluding hydrogens is 268 g/mol. The van der Waals surface area contributed by atoms with Gasteiger partial charge in [0.1, 0.15) is 0 Å². The van der Waals surface area contributed by atoms with Gasteiger partial charge in [-0.25, -0.2) is 9.67 Å². The summed E-state index contributed by atoms with van der Waals surface area (Å²) >= 11 is 3.38. The molecule has 0 aliphatic carbocycles. The Hall–Kier alpha value is -1.36. The van der Waals surface area contributed by atoms with E-state index in [-0.39, 0.29) is 0 Å². The average molecular weight is 281 g/mol. The molecule has 0 aliphatic heterocycles. The summed E-state index contributed by atoms with van der Waals surface area (Å²) in [6.07, 6.45) is 0.824. The Bertz CT molecular complexity index is 519. The van der Waals surface area contributed by atoms with E-state index >= 15 is 0 Å². The lowest BCUT2D eigenvalue weighted by Crippen LogP contribution is -1.98. The third kappa shape index (κ3) is 1.95. The Balaban J connectivity index is 2.53. The predicted molar refractivity (Wildman–Crippen MR) is 67.9 cm³/mol. The van der Waals surface area contributed by atoms with E-state index in [2.05, 4.69) is 26.0 Å². The summed E-state index contributed by atoms with van der Waals surface area (Å²) in [5.41, 5.74) is 7.58. The molecule has 16 heavy (non-hydrogen) atoms. The van der Waals surface area contributed by atoms with Crippen LogP contribution in [0.2, 0.25) is 0 Å². The van der Waals surface area contributed by atoms with Crippen LogP contribution in [0.1, 0.15) is 12.7 Å². The van der Waals surface area contributed by atoms with E-state index in [1.54, 1.807) is 4.68 Å². The van der Waals surface area contributed by atoms with Gasteiger partial charge in [-0.05, 0) is 18.2 Å². The van der Waals surface area contributed by atoms with Gasteiger partial charge < -0.3 is 5.73 Å². The third-order valence-electron chi connectivity index (χ3n) is 2.38. The standard InChI is InChI=1S/C11H13BrN4/c1-3-10-14-11(16(2)15-10)8-5-4-7(12)6-9(8)13/h4-6H,3,13H2,1-2H3. The number of nitrogens with two attached hydrogens (primary N) is 1. The lowest BCUT2D eigenvalue weighted by molar-refractivity contribution is 0.753. The molecule has 0 spiro atoms. The number of hydrogen-bond acceptors (Lipinski definition) is 3. The van der Waals surface area contributed by atoms with Crippen LogP contribution in [0.15, 0.2) is 22.7 Å². The van der Waals surface area contributed by atoms with Gasteiger partial charge in [-0.15, -0.1) is 0 Å². The first-order valence-corrected chi connectivity index (χ1v) is 5.86. The zero-order chi connectivity index (χ0) is 11.7. The number of halogens is 1. The van der Waals surface area contributed by atoms with Gasteiger partial charge in [0.05, 0.1) is 0 Å². The molecule has 84 valence electrons. The zero-order valence-electron chi connectivity index (χ0n) is 9.24. The average Bonchev–Trinajstić information content (AvgIpc) is 2.60. The number of aromatic nitrogens is 3. The van der Waals surface area contributed by atoms with Crippen molar-refractivity contribution in [3.8, 4) is 11.4 Å². The fourth-order valence-electron chi connectivity index (χ4n) is 1.56. The van der Waals surface area contributed by atoms with Crippen molar-refractivity contribution in [3.63, 3.8) is 0 Å². The molecule has 1 aromatic heterocycles. The molecule has 0 saturated heterocycles. The van der Waals surface area contributed by atoms with E-state index in [1.807, 2.05) is 32.2 Å². The second-order valence-electron chi connectivity index (χ2n) is 3.56. The number of benzene rings is 1. The Morgan fingerprint density at radius 3 is 2.75 bits per heavy atom. The summed E-state index contributed by atoms with van der Waals surface area (Å²) in [5.74, 6) is 1.64. The van der Waals surface area contributed by atoms with Crippen LogP contribution in [0.3, 0.4) is 0 Å². The highest BCUT2D eigenvalue weighted by atomic mass is 79.9. The molecule has 1 heterocycles. The molecular formula is C11H13BrN4. The topological polar surface area (TPSA) is 56.7 Å². The first-order chi connectivity index (χ1) is 7.61. The van der Waals surface area contributed by atoms with Gasteiger partial charge in [-0.1, -0.05) is 22.9 Å². The van der Waals surface area contributed by atoms with E-state index in [1.165, 1.54) is 0 Å². The first kappa shape index (κ1) is 11.1. The minimum absolute atomic E-state index is 0.701. The monoisotopic (exact) mass is 280 g/mol. The molecule has 2 rings (SSSR count). The molecule has 5 heteroatoms. The molecule has 0 fully saturated rings. The van der Waals surface area contributed by atoms with Gasteiger partial charge in [-0.3, -0.25) is 0 Å². The van der Waals surface area contributed by atoms with Crippen molar-refractivity contribution in [2.24, 2.45) is 7.05 Å². The normalized spacial score (nSPS) is 10.7. The Morgan fingerprint density at radius 2 is 2.19 bits per heavy atom. The van der Waals surface area contributed by atoms with Crippen molar-refractivity contribution < 1.29 is 0 Å². The molecule has 0 amide bonds. The molecule has 1 aromatic carbocycles. The summed E-state index contributed by atoms with van der Waals surface area (Å²) in [6, 6.07) is 5.77. The third-order valence-corrected chi connectivity index (χ3v) is 2.87. The van der Waals surface area contributed by atoms with Gasteiger partial charge in [-0.2, -0.15) is 5.10 Å². The number of rotatable bonds is 2. The summed E-state index contributed by atoms with van der Waals surface area (Å²) in [6.45, 7) is 2.03. The molecule has 0 saturated carbocycles. The molecule has 0 atom stereocenters. The van der Waals surface area contributed by atoms with Crippen LogP contribution in [0, 0.1) is 0 Å². The van der Waals surface area contributed by atoms with Gasteiger partial charge in [0.2, 0.25) is 0 Å². The highest BCUT2D eigenvalue weighted by Gasteiger charge is 2.11. The van der Waals surface area contributed by atoms with Crippen LogP contribution < -0.4 is 5.73 Å². The van der Waals surface area contributed by atoms with Crippen molar-refractivity contribution in [3.05, 3.63) is 28.5 Å². The summed E-state index contributed by atoms with van der Waals surface area (Å²) in [5, 5.41) is 4.31. The largest absolute Gasteiger partial charge is 0.398 e. The van der Waals surface area contributed by atoms with Crippen LogP contribution >= 0.6 is 15.9 Å². The maximum absolute atomic E-state index is 5.96. The predicted octanol–water partition coefficient (Wildman–Crippen LogP) is 2.39. The summed E-state index contributed by atoms with van der Waals surface area (Å²) < 4.78 is 2.73. The Morgan fingerprint density at radius 1 is 1.44 bits per heavy atom. The van der Waals surface area contributed by atoms with Crippen molar-refractivity contribution >= 4 is 21.6 Å². The van der Waals surface area contributed by atoms with E-state index in [4.69, 9.17) is 5.73 Å². The number of nitrogens with zero attached hydrogens (tertiary/aromatic N) is 3. The van der Waals surface area contributed by atoms with E-state index < -0.39 is 0 Å². The SMILES string of the molecule is CCc1nc(-c2ccc(Br)cc2N)n(C)n1. The van der Waals surface area contributed by atoms with E-state index in [0.29, 0.717) is 5.69 Å². The van der Waals surface area contributed by atoms with Crippen molar-refractivity contribution in [2.45, 2.75) is 13.3 Å². The van der Waals surface area contributed by atoms with Crippen LogP contribution in [-0.2, 0) is 13.5 Å². The second-order valence-corrected chi connectivity index (χ2v) is 4.48. The van der Waals surface area contributed by atoms with E-state index in [0.717, 1.165) is 28.1 Å². The number of aryl methyl sites for hydroxylation is 2. The molecule has 0 radical (unpaired) electrons. The quantitative estimate of drug-likeness (QED) is 0.860. The lowest BCUT2D eigenvalue weighted by Gasteiger charge is -2.04. The van der Waals surface area contributed by atoms with Gasteiger partial charge in [0.25, 0.3) is 0 Å². The van der Waals surface area contributed by atoms with Crippen LogP contribution in [0.5, 0.6) is 0 Å². The first-order valence-electron chi connectivity index (χ1n) is 5.07. The molecule has 0 aliphatic rings. The maximum atomic E-state index is 5.96. The van der Waals surface area contributed by atoms with Gasteiger partial charge >= 0.3 is 0 Å². The van der Waals surface area contributed by atoms with Gasteiger partial charge in [0, 0.05) is 29.2 Å². The van der Waals surface area contributed by atoms with Crippen molar-refractivity contribution in [1.29, 1.82) is 0 Å². The van der Waals surface area contributed by atoms with Crippen LogP contribution in [0.4, 0.5) is 5.69 Å². The molecule has 2 aromatic rings. The second kappa shape index (κ2) is 4.25. The minimum Gasteiger partial charge on any atom is -0.398 e. The minimum atomic E-state index is 0.701. The molecule has 0 unspecified atom stereocenters. The summed E-state index contributed by atoms with van der Waals surface area (Å²) in [4.78, 5) is 4.45.